The molecule has 0 N–H and O–H groups in total. The maximum Gasteiger partial charge on any atom is 0.522 e. The van der Waals surface area contributed by atoms with E-state index < -0.39 is 17.9 Å². The number of benzene rings is 1. The normalized spacial score (nSPS) is 14.2. The Balaban J connectivity index is 2.95. The third-order valence-corrected chi connectivity index (χ3v) is 3.52. The molecule has 0 aliphatic carbocycles. The lowest BCUT2D eigenvalue weighted by molar-refractivity contribution is -0.341. The number of hydrogen-bond donors (Lipinski definition) is 0. The second-order valence-corrected chi connectivity index (χ2v) is 6.22. The van der Waals surface area contributed by atoms with E-state index in [0.717, 1.165) is 10.0 Å². The summed E-state index contributed by atoms with van der Waals surface area (Å²) in [6, 6.07) is 5.48. The van der Waals surface area contributed by atoms with E-state index >= 15 is 0 Å². The number of methoxy groups -OCH3 is 1. The fraction of sp³-hybridized carbons (Fsp3) is 0.571. The van der Waals surface area contributed by atoms with Gasteiger partial charge in [0.05, 0.1) is 13.2 Å². The summed E-state index contributed by atoms with van der Waals surface area (Å²) in [5, 5.41) is 0. The van der Waals surface area contributed by atoms with Gasteiger partial charge < -0.3 is 4.74 Å². The number of halogens is 4. The summed E-state index contributed by atoms with van der Waals surface area (Å²) in [5.74, 6) is 0.650. The van der Waals surface area contributed by atoms with Crippen molar-refractivity contribution in [1.82, 2.24) is 0 Å². The third kappa shape index (κ3) is 4.98. The molecule has 114 valence electrons. The van der Waals surface area contributed by atoms with E-state index in [9.17, 15) is 13.2 Å². The Kier molecular flexibility index (Phi) is 5.49. The van der Waals surface area contributed by atoms with E-state index in [1.54, 1.807) is 13.2 Å². The molecule has 0 aromatic heterocycles. The predicted octanol–water partition coefficient (Wildman–Crippen LogP) is 5.05. The van der Waals surface area contributed by atoms with E-state index in [1.807, 2.05) is 26.0 Å². The van der Waals surface area contributed by atoms with Gasteiger partial charge in [0.25, 0.3) is 0 Å². The highest BCUT2D eigenvalue weighted by Gasteiger charge is 2.35. The van der Waals surface area contributed by atoms with Gasteiger partial charge in [0, 0.05) is 10.0 Å². The van der Waals surface area contributed by atoms with Crippen molar-refractivity contribution < 1.29 is 22.6 Å². The fourth-order valence-corrected chi connectivity index (χ4v) is 2.67. The Morgan fingerprint density at radius 3 is 2.35 bits per heavy atom. The Morgan fingerprint density at radius 2 is 1.85 bits per heavy atom. The standard InChI is InChI=1S/C14H18BrF3O2/c1-9(20-14(16,17)18)8-13(2,3)11-7-10(15)5-6-12(11)19-4/h5-7,9H,8H2,1-4H3. The highest BCUT2D eigenvalue weighted by Crippen LogP contribution is 2.38. The van der Waals surface area contributed by atoms with Gasteiger partial charge in [-0.1, -0.05) is 29.8 Å². The van der Waals surface area contributed by atoms with Crippen molar-refractivity contribution in [3.8, 4) is 5.75 Å². The van der Waals surface area contributed by atoms with Crippen molar-refractivity contribution in [2.75, 3.05) is 7.11 Å². The zero-order chi connectivity index (χ0) is 15.6. The Labute approximate surface area is 125 Å². The first-order valence-corrected chi connectivity index (χ1v) is 6.93. The number of rotatable bonds is 5. The smallest absolute Gasteiger partial charge is 0.496 e. The number of ether oxygens (including phenoxy) is 2. The molecule has 0 fully saturated rings. The first kappa shape index (κ1) is 17.3. The topological polar surface area (TPSA) is 18.5 Å². The molecule has 0 aliphatic rings. The van der Waals surface area contributed by atoms with Crippen LogP contribution in [-0.2, 0) is 10.2 Å². The van der Waals surface area contributed by atoms with Crippen molar-refractivity contribution in [1.29, 1.82) is 0 Å². The molecule has 0 spiro atoms. The Hall–Kier alpha value is -0.750. The van der Waals surface area contributed by atoms with Crippen LogP contribution in [0.4, 0.5) is 13.2 Å². The lowest BCUT2D eigenvalue weighted by Crippen LogP contribution is -2.29. The van der Waals surface area contributed by atoms with Gasteiger partial charge in [-0.25, -0.2) is 0 Å². The molecule has 1 unspecified atom stereocenters. The van der Waals surface area contributed by atoms with Crippen LogP contribution in [0, 0.1) is 0 Å². The maximum absolute atomic E-state index is 12.2. The van der Waals surface area contributed by atoms with Crippen LogP contribution in [0.25, 0.3) is 0 Å². The summed E-state index contributed by atoms with van der Waals surface area (Å²) in [6.07, 6.45) is -5.33. The highest BCUT2D eigenvalue weighted by atomic mass is 79.9. The molecule has 1 aromatic carbocycles. The molecular formula is C14H18BrF3O2. The van der Waals surface area contributed by atoms with Gasteiger partial charge in [0.1, 0.15) is 5.75 Å². The van der Waals surface area contributed by atoms with Gasteiger partial charge in [0.2, 0.25) is 0 Å². The van der Waals surface area contributed by atoms with Crippen LogP contribution >= 0.6 is 15.9 Å². The van der Waals surface area contributed by atoms with Crippen LogP contribution in [0.2, 0.25) is 0 Å². The van der Waals surface area contributed by atoms with E-state index in [-0.39, 0.29) is 6.42 Å². The van der Waals surface area contributed by atoms with Crippen molar-refractivity contribution in [3.63, 3.8) is 0 Å². The SMILES string of the molecule is COc1ccc(Br)cc1C(C)(C)CC(C)OC(F)(F)F. The van der Waals surface area contributed by atoms with Crippen LogP contribution in [0.15, 0.2) is 22.7 Å². The van der Waals surface area contributed by atoms with Crippen LogP contribution in [-0.4, -0.2) is 19.6 Å². The van der Waals surface area contributed by atoms with Gasteiger partial charge in [-0.15, -0.1) is 13.2 Å². The molecule has 0 radical (unpaired) electrons. The average molecular weight is 355 g/mol. The zero-order valence-electron chi connectivity index (χ0n) is 11.8. The minimum absolute atomic E-state index is 0.222. The first-order chi connectivity index (χ1) is 9.05. The van der Waals surface area contributed by atoms with Gasteiger partial charge in [0.15, 0.2) is 0 Å². The quantitative estimate of drug-likeness (QED) is 0.736. The largest absolute Gasteiger partial charge is 0.522 e. The molecule has 1 atom stereocenters. The van der Waals surface area contributed by atoms with Crippen molar-refractivity contribution in [2.45, 2.75) is 45.1 Å². The van der Waals surface area contributed by atoms with E-state index in [1.165, 1.54) is 6.92 Å². The maximum atomic E-state index is 12.2. The minimum atomic E-state index is -4.61. The molecule has 0 aliphatic heterocycles. The molecule has 0 amide bonds. The molecule has 0 saturated carbocycles. The number of alkyl halides is 3. The summed E-state index contributed by atoms with van der Waals surface area (Å²) < 4.78 is 46.9. The number of hydrogen-bond acceptors (Lipinski definition) is 2. The summed E-state index contributed by atoms with van der Waals surface area (Å²) in [6.45, 7) is 5.15. The minimum Gasteiger partial charge on any atom is -0.496 e. The first-order valence-electron chi connectivity index (χ1n) is 6.14. The summed E-state index contributed by atoms with van der Waals surface area (Å²) in [7, 11) is 1.54. The van der Waals surface area contributed by atoms with Gasteiger partial charge in [-0.2, -0.15) is 0 Å². The van der Waals surface area contributed by atoms with Crippen molar-refractivity contribution in [2.24, 2.45) is 0 Å². The summed E-state index contributed by atoms with van der Waals surface area (Å²) in [5.41, 5.74) is 0.326. The van der Waals surface area contributed by atoms with E-state index in [4.69, 9.17) is 4.74 Å². The van der Waals surface area contributed by atoms with E-state index in [0.29, 0.717) is 5.75 Å². The van der Waals surface area contributed by atoms with Crippen LogP contribution < -0.4 is 4.74 Å². The Morgan fingerprint density at radius 1 is 1.25 bits per heavy atom. The molecule has 0 heterocycles. The van der Waals surface area contributed by atoms with Crippen LogP contribution in [0.1, 0.15) is 32.8 Å². The molecule has 2 nitrogen and oxygen atoms in total. The van der Waals surface area contributed by atoms with Crippen molar-refractivity contribution >= 4 is 15.9 Å². The van der Waals surface area contributed by atoms with Gasteiger partial charge in [-0.05, 0) is 37.0 Å². The summed E-state index contributed by atoms with van der Waals surface area (Å²) >= 11 is 3.37. The van der Waals surface area contributed by atoms with E-state index in [2.05, 4.69) is 20.7 Å². The second kappa shape index (κ2) is 6.35. The Bertz CT molecular complexity index is 458. The second-order valence-electron chi connectivity index (χ2n) is 5.31. The van der Waals surface area contributed by atoms with Gasteiger partial charge in [-0.3, -0.25) is 4.74 Å². The summed E-state index contributed by atoms with van der Waals surface area (Å²) in [4.78, 5) is 0. The molecular weight excluding hydrogens is 337 g/mol. The molecule has 20 heavy (non-hydrogen) atoms. The molecule has 1 aromatic rings. The average Bonchev–Trinajstić information content (AvgIpc) is 2.25. The van der Waals surface area contributed by atoms with Crippen LogP contribution in [0.3, 0.4) is 0 Å². The van der Waals surface area contributed by atoms with Crippen molar-refractivity contribution in [3.05, 3.63) is 28.2 Å². The molecule has 0 bridgehead atoms. The lowest BCUT2D eigenvalue weighted by Gasteiger charge is -2.30. The predicted molar refractivity (Wildman–Crippen MR) is 74.9 cm³/mol. The van der Waals surface area contributed by atoms with Gasteiger partial charge >= 0.3 is 6.36 Å². The molecule has 0 saturated heterocycles. The highest BCUT2D eigenvalue weighted by molar-refractivity contribution is 9.10. The monoisotopic (exact) mass is 354 g/mol. The third-order valence-electron chi connectivity index (χ3n) is 3.02. The van der Waals surface area contributed by atoms with Crippen LogP contribution in [0.5, 0.6) is 5.75 Å². The zero-order valence-corrected chi connectivity index (χ0v) is 13.4. The fourth-order valence-electron chi connectivity index (χ4n) is 2.31. The lowest BCUT2D eigenvalue weighted by atomic mass is 9.79. The molecule has 6 heteroatoms. The molecule has 1 rings (SSSR count).